The second kappa shape index (κ2) is 7.01. The molecular weight excluding hydrogens is 276 g/mol. The van der Waals surface area contributed by atoms with Crippen molar-refractivity contribution in [1.82, 2.24) is 9.96 Å². The highest BCUT2D eigenvalue weighted by Gasteiger charge is 2.24. The lowest BCUT2D eigenvalue weighted by atomic mass is 10.2. The van der Waals surface area contributed by atoms with Gasteiger partial charge in [0, 0.05) is 31.5 Å². The van der Waals surface area contributed by atoms with Gasteiger partial charge < -0.3 is 4.84 Å². The fourth-order valence-corrected chi connectivity index (χ4v) is 2.26. The number of hydrogen-bond donors (Lipinski definition) is 0. The third-order valence-electron chi connectivity index (χ3n) is 3.41. The van der Waals surface area contributed by atoms with E-state index in [1.165, 1.54) is 17.1 Å². The molecule has 7 heteroatoms. The maximum absolute atomic E-state index is 11.5. The van der Waals surface area contributed by atoms with Crippen LogP contribution in [0.25, 0.3) is 0 Å². The molecule has 1 saturated heterocycles. The van der Waals surface area contributed by atoms with E-state index >= 15 is 0 Å². The van der Waals surface area contributed by atoms with Gasteiger partial charge in [0.15, 0.2) is 0 Å². The summed E-state index contributed by atoms with van der Waals surface area (Å²) in [6.45, 7) is 0.834. The molecule has 0 spiro atoms. The normalized spacial score (nSPS) is 18.0. The van der Waals surface area contributed by atoms with Gasteiger partial charge in [-0.05, 0) is 19.3 Å². The van der Waals surface area contributed by atoms with Crippen LogP contribution in [0.4, 0.5) is 0 Å². The topological polar surface area (TPSA) is 84.0 Å². The molecule has 0 aromatic rings. The fraction of sp³-hybridized carbons (Fsp3) is 0.571. The molecule has 7 nitrogen and oxygen atoms in total. The van der Waals surface area contributed by atoms with Gasteiger partial charge in [-0.25, -0.2) is 4.79 Å². The van der Waals surface area contributed by atoms with Crippen LogP contribution >= 0.6 is 0 Å². The van der Waals surface area contributed by atoms with E-state index < -0.39 is 5.97 Å². The molecule has 0 bridgehead atoms. The van der Waals surface area contributed by atoms with Crippen molar-refractivity contribution in [3.05, 3.63) is 12.2 Å². The van der Waals surface area contributed by atoms with Crippen LogP contribution in [-0.2, 0) is 24.0 Å². The summed E-state index contributed by atoms with van der Waals surface area (Å²) in [6.07, 6.45) is 5.85. The monoisotopic (exact) mass is 294 g/mol. The molecule has 0 aliphatic carbocycles. The highest BCUT2D eigenvalue weighted by Crippen LogP contribution is 2.12. The minimum atomic E-state index is -0.416. The number of carbonyl (C=O) groups is 4. The lowest BCUT2D eigenvalue weighted by molar-refractivity contribution is -0.192. The Bertz CT molecular complexity index is 468. The molecule has 2 aliphatic rings. The predicted molar refractivity (Wildman–Crippen MR) is 71.4 cm³/mol. The van der Waals surface area contributed by atoms with E-state index in [1.54, 1.807) is 0 Å². The zero-order valence-electron chi connectivity index (χ0n) is 11.7. The lowest BCUT2D eigenvalue weighted by Crippen LogP contribution is -2.30. The Morgan fingerprint density at radius 1 is 1.10 bits per heavy atom. The van der Waals surface area contributed by atoms with Crippen LogP contribution in [0.2, 0.25) is 0 Å². The molecule has 0 N–H and O–H groups in total. The van der Waals surface area contributed by atoms with Gasteiger partial charge in [0.25, 0.3) is 17.7 Å². The molecule has 0 aromatic carbocycles. The summed E-state index contributed by atoms with van der Waals surface area (Å²) >= 11 is 0. The van der Waals surface area contributed by atoms with Crippen LogP contribution in [0.3, 0.4) is 0 Å². The summed E-state index contributed by atoms with van der Waals surface area (Å²) in [5.41, 5.74) is 0. The molecule has 1 fully saturated rings. The maximum atomic E-state index is 11.5. The van der Waals surface area contributed by atoms with Crippen LogP contribution < -0.4 is 0 Å². The molecule has 2 aliphatic heterocycles. The number of hydroxylamine groups is 2. The SMILES string of the molecule is O=C(CCCCCN1C(=O)C=CC1=O)ON1CCCC1=O. The third kappa shape index (κ3) is 4.14. The summed E-state index contributed by atoms with van der Waals surface area (Å²) in [5.74, 6) is -1.14. The molecule has 0 saturated carbocycles. The summed E-state index contributed by atoms with van der Waals surface area (Å²) in [6, 6.07) is 0. The van der Waals surface area contributed by atoms with Crippen molar-refractivity contribution >= 4 is 23.7 Å². The number of amides is 3. The quantitative estimate of drug-likeness (QED) is 0.506. The predicted octanol–water partition coefficient (Wildman–Crippen LogP) is 0.552. The van der Waals surface area contributed by atoms with Crippen molar-refractivity contribution in [3.63, 3.8) is 0 Å². The van der Waals surface area contributed by atoms with Crippen molar-refractivity contribution in [2.75, 3.05) is 13.1 Å². The molecule has 21 heavy (non-hydrogen) atoms. The minimum absolute atomic E-state index is 0.151. The van der Waals surface area contributed by atoms with E-state index in [-0.39, 0.29) is 24.1 Å². The summed E-state index contributed by atoms with van der Waals surface area (Å²) in [4.78, 5) is 51.5. The average Bonchev–Trinajstić information content (AvgIpc) is 2.98. The number of carbonyl (C=O) groups excluding carboxylic acids is 4. The second-order valence-corrected chi connectivity index (χ2v) is 5.03. The van der Waals surface area contributed by atoms with Crippen molar-refractivity contribution < 1.29 is 24.0 Å². The lowest BCUT2D eigenvalue weighted by Gasteiger charge is -2.15. The zero-order valence-corrected chi connectivity index (χ0v) is 11.7. The van der Waals surface area contributed by atoms with Crippen molar-refractivity contribution in [2.45, 2.75) is 38.5 Å². The molecule has 0 radical (unpaired) electrons. The first-order valence-electron chi connectivity index (χ1n) is 7.12. The Hall–Kier alpha value is -2.18. The van der Waals surface area contributed by atoms with Crippen LogP contribution in [0.15, 0.2) is 12.2 Å². The van der Waals surface area contributed by atoms with E-state index in [9.17, 15) is 19.2 Å². The Labute approximate surface area is 122 Å². The Kier molecular flexibility index (Phi) is 5.08. The van der Waals surface area contributed by atoms with E-state index in [2.05, 4.69) is 0 Å². The molecule has 114 valence electrons. The van der Waals surface area contributed by atoms with Gasteiger partial charge >= 0.3 is 5.97 Å². The van der Waals surface area contributed by atoms with Gasteiger partial charge in [-0.3, -0.25) is 19.3 Å². The molecule has 3 amide bonds. The van der Waals surface area contributed by atoms with E-state index in [4.69, 9.17) is 4.84 Å². The van der Waals surface area contributed by atoms with E-state index in [0.717, 1.165) is 11.5 Å². The molecule has 0 aromatic heterocycles. The van der Waals surface area contributed by atoms with Gasteiger partial charge in [-0.2, -0.15) is 5.06 Å². The molecule has 0 unspecified atom stereocenters. The number of hydrogen-bond acceptors (Lipinski definition) is 5. The average molecular weight is 294 g/mol. The Morgan fingerprint density at radius 2 is 1.81 bits per heavy atom. The largest absolute Gasteiger partial charge is 0.338 e. The molecule has 2 rings (SSSR count). The van der Waals surface area contributed by atoms with Gasteiger partial charge in [-0.1, -0.05) is 6.42 Å². The molecule has 0 atom stereocenters. The number of nitrogens with zero attached hydrogens (tertiary/aromatic N) is 2. The van der Waals surface area contributed by atoms with Gasteiger partial charge in [0.2, 0.25) is 0 Å². The summed E-state index contributed by atoms with van der Waals surface area (Å²) in [7, 11) is 0. The number of imide groups is 1. The molecule has 2 heterocycles. The van der Waals surface area contributed by atoms with Crippen molar-refractivity contribution in [1.29, 1.82) is 0 Å². The minimum Gasteiger partial charge on any atom is -0.338 e. The second-order valence-electron chi connectivity index (χ2n) is 5.03. The first-order valence-corrected chi connectivity index (χ1v) is 7.12. The van der Waals surface area contributed by atoms with Gasteiger partial charge in [0.05, 0.1) is 6.54 Å². The number of rotatable bonds is 7. The Balaban J connectivity index is 1.55. The summed E-state index contributed by atoms with van der Waals surface area (Å²) in [5, 5.41) is 1.12. The summed E-state index contributed by atoms with van der Waals surface area (Å²) < 4.78 is 0. The van der Waals surface area contributed by atoms with Crippen LogP contribution in [0.1, 0.15) is 38.5 Å². The highest BCUT2D eigenvalue weighted by molar-refractivity contribution is 6.12. The van der Waals surface area contributed by atoms with Gasteiger partial charge in [-0.15, -0.1) is 0 Å². The maximum Gasteiger partial charge on any atom is 0.332 e. The fourth-order valence-electron chi connectivity index (χ4n) is 2.26. The van der Waals surface area contributed by atoms with E-state index in [1.807, 2.05) is 0 Å². The third-order valence-corrected chi connectivity index (χ3v) is 3.41. The first-order chi connectivity index (χ1) is 10.1. The van der Waals surface area contributed by atoms with Crippen LogP contribution in [0, 0.1) is 0 Å². The van der Waals surface area contributed by atoms with Crippen molar-refractivity contribution in [3.8, 4) is 0 Å². The number of unbranched alkanes of at least 4 members (excludes halogenated alkanes) is 2. The highest BCUT2D eigenvalue weighted by atomic mass is 16.7. The van der Waals surface area contributed by atoms with Crippen molar-refractivity contribution in [2.24, 2.45) is 0 Å². The smallest absolute Gasteiger partial charge is 0.332 e. The Morgan fingerprint density at radius 3 is 2.43 bits per heavy atom. The van der Waals surface area contributed by atoms with Crippen LogP contribution in [-0.4, -0.2) is 46.7 Å². The standard InChI is InChI=1S/C14H18N2O5/c17-11-7-8-12(18)15(11)9-3-1-2-6-14(20)21-16-10-4-5-13(16)19/h7-8H,1-6,9-10H2. The molecular formula is C14H18N2O5. The first kappa shape index (κ1) is 15.2. The van der Waals surface area contributed by atoms with E-state index in [0.29, 0.717) is 38.8 Å². The zero-order chi connectivity index (χ0) is 15.2. The van der Waals surface area contributed by atoms with Gasteiger partial charge in [0.1, 0.15) is 0 Å². The van der Waals surface area contributed by atoms with Crippen LogP contribution in [0.5, 0.6) is 0 Å².